The molecule has 0 aliphatic carbocycles. The van der Waals surface area contributed by atoms with E-state index in [1.807, 2.05) is 12.1 Å². The number of nitrogens with zero attached hydrogens (tertiary/aromatic N) is 3. The minimum absolute atomic E-state index is 0.869. The van der Waals surface area contributed by atoms with Crippen molar-refractivity contribution in [2.45, 2.75) is 40.8 Å². The summed E-state index contributed by atoms with van der Waals surface area (Å²) in [6, 6.07) is 4.06. The van der Waals surface area contributed by atoms with Crippen molar-refractivity contribution in [3.05, 3.63) is 29.1 Å². The first-order chi connectivity index (χ1) is 9.66. The third-order valence-electron chi connectivity index (χ3n) is 3.66. The van der Waals surface area contributed by atoms with Crippen molar-refractivity contribution < 1.29 is 0 Å². The van der Waals surface area contributed by atoms with E-state index in [0.717, 1.165) is 56.2 Å². The van der Waals surface area contributed by atoms with Gasteiger partial charge in [-0.2, -0.15) is 0 Å². The smallest absolute Gasteiger partial charge is 0.0560 e. The third-order valence-corrected chi connectivity index (χ3v) is 3.66. The highest BCUT2D eigenvalue weighted by molar-refractivity contribution is 5.34. The standard InChI is InChI=1S/C17H27N3/c1-6-15-11-16(13-19(7-2)8-3)18-17(12-15)14-20(9-4)10-5/h1,11-12H,7-10,13-14H2,2-5H3. The van der Waals surface area contributed by atoms with Crippen LogP contribution in [0.25, 0.3) is 0 Å². The number of aromatic nitrogens is 1. The molecule has 0 aliphatic rings. The summed E-state index contributed by atoms with van der Waals surface area (Å²) in [6.07, 6.45) is 5.57. The van der Waals surface area contributed by atoms with Gasteiger partial charge in [0.25, 0.3) is 0 Å². The number of terminal acetylenes is 1. The van der Waals surface area contributed by atoms with Crippen LogP contribution in [-0.4, -0.2) is 41.0 Å². The summed E-state index contributed by atoms with van der Waals surface area (Å²) in [6.45, 7) is 14.6. The summed E-state index contributed by atoms with van der Waals surface area (Å²) in [4.78, 5) is 9.48. The van der Waals surface area contributed by atoms with Gasteiger partial charge < -0.3 is 0 Å². The molecule has 0 unspecified atom stereocenters. The lowest BCUT2D eigenvalue weighted by Crippen LogP contribution is -2.25. The molecule has 0 fully saturated rings. The fourth-order valence-electron chi connectivity index (χ4n) is 2.25. The molecule has 1 rings (SSSR count). The fraction of sp³-hybridized carbons (Fsp3) is 0.588. The van der Waals surface area contributed by atoms with Gasteiger partial charge in [0.15, 0.2) is 0 Å². The van der Waals surface area contributed by atoms with Gasteiger partial charge in [0.2, 0.25) is 0 Å². The zero-order valence-electron chi connectivity index (χ0n) is 13.3. The maximum absolute atomic E-state index is 5.57. The molecule has 110 valence electrons. The van der Waals surface area contributed by atoms with Gasteiger partial charge >= 0.3 is 0 Å². The summed E-state index contributed by atoms with van der Waals surface area (Å²) in [5.74, 6) is 2.75. The predicted octanol–water partition coefficient (Wildman–Crippen LogP) is 2.75. The van der Waals surface area contributed by atoms with Gasteiger partial charge in [-0.05, 0) is 38.3 Å². The second-order valence-electron chi connectivity index (χ2n) is 4.91. The topological polar surface area (TPSA) is 19.4 Å². The van der Waals surface area contributed by atoms with E-state index in [2.05, 4.69) is 43.4 Å². The van der Waals surface area contributed by atoms with Crippen molar-refractivity contribution in [3.8, 4) is 12.3 Å². The summed E-state index contributed by atoms with van der Waals surface area (Å²) >= 11 is 0. The first-order valence-corrected chi connectivity index (χ1v) is 7.57. The molecule has 1 heterocycles. The zero-order valence-corrected chi connectivity index (χ0v) is 13.3. The van der Waals surface area contributed by atoms with Crippen LogP contribution in [0.4, 0.5) is 0 Å². The second kappa shape index (κ2) is 8.73. The van der Waals surface area contributed by atoms with Crippen LogP contribution in [0.2, 0.25) is 0 Å². The van der Waals surface area contributed by atoms with Crippen LogP contribution >= 0.6 is 0 Å². The number of hydrogen-bond donors (Lipinski definition) is 0. The SMILES string of the molecule is C#Cc1cc(CN(CC)CC)nc(CN(CC)CC)c1. The van der Waals surface area contributed by atoms with E-state index in [-0.39, 0.29) is 0 Å². The third kappa shape index (κ3) is 4.96. The zero-order chi connectivity index (χ0) is 15.0. The Morgan fingerprint density at radius 3 is 1.60 bits per heavy atom. The summed E-state index contributed by atoms with van der Waals surface area (Å²) < 4.78 is 0. The van der Waals surface area contributed by atoms with Gasteiger partial charge in [-0.3, -0.25) is 14.8 Å². The Labute approximate surface area is 124 Å². The van der Waals surface area contributed by atoms with Gasteiger partial charge in [-0.15, -0.1) is 6.42 Å². The van der Waals surface area contributed by atoms with Gasteiger partial charge in [0.05, 0.1) is 11.4 Å². The van der Waals surface area contributed by atoms with E-state index in [4.69, 9.17) is 11.4 Å². The van der Waals surface area contributed by atoms with E-state index >= 15 is 0 Å². The van der Waals surface area contributed by atoms with Crippen molar-refractivity contribution in [3.63, 3.8) is 0 Å². The first-order valence-electron chi connectivity index (χ1n) is 7.57. The average molecular weight is 273 g/mol. The van der Waals surface area contributed by atoms with E-state index in [0.29, 0.717) is 0 Å². The number of pyridine rings is 1. The molecule has 0 amide bonds. The highest BCUT2D eigenvalue weighted by Crippen LogP contribution is 2.10. The Morgan fingerprint density at radius 1 is 0.900 bits per heavy atom. The van der Waals surface area contributed by atoms with Gasteiger partial charge in [0.1, 0.15) is 0 Å². The molecule has 0 saturated carbocycles. The largest absolute Gasteiger partial charge is 0.298 e. The molecule has 0 radical (unpaired) electrons. The Hall–Kier alpha value is -1.37. The molecule has 3 nitrogen and oxygen atoms in total. The van der Waals surface area contributed by atoms with Crippen molar-refractivity contribution >= 4 is 0 Å². The van der Waals surface area contributed by atoms with Crippen LogP contribution in [0.1, 0.15) is 44.6 Å². The Morgan fingerprint density at radius 2 is 1.30 bits per heavy atom. The van der Waals surface area contributed by atoms with Crippen LogP contribution in [-0.2, 0) is 13.1 Å². The first kappa shape index (κ1) is 16.7. The van der Waals surface area contributed by atoms with Crippen LogP contribution in [0.15, 0.2) is 12.1 Å². The Balaban J connectivity index is 2.93. The second-order valence-corrected chi connectivity index (χ2v) is 4.91. The van der Waals surface area contributed by atoms with Crippen molar-refractivity contribution in [2.75, 3.05) is 26.2 Å². The minimum atomic E-state index is 0.869. The van der Waals surface area contributed by atoms with Gasteiger partial charge in [-0.25, -0.2) is 0 Å². The molecule has 20 heavy (non-hydrogen) atoms. The van der Waals surface area contributed by atoms with Crippen molar-refractivity contribution in [2.24, 2.45) is 0 Å². The molecular weight excluding hydrogens is 246 g/mol. The maximum atomic E-state index is 5.57. The fourth-order valence-corrected chi connectivity index (χ4v) is 2.25. The van der Waals surface area contributed by atoms with Crippen molar-refractivity contribution in [1.29, 1.82) is 0 Å². The average Bonchev–Trinajstić information content (AvgIpc) is 2.49. The van der Waals surface area contributed by atoms with E-state index in [9.17, 15) is 0 Å². The molecule has 0 aromatic carbocycles. The van der Waals surface area contributed by atoms with Crippen LogP contribution in [0, 0.1) is 12.3 Å². The minimum Gasteiger partial charge on any atom is -0.298 e. The summed E-state index contributed by atoms with van der Waals surface area (Å²) in [7, 11) is 0. The lowest BCUT2D eigenvalue weighted by Gasteiger charge is -2.20. The van der Waals surface area contributed by atoms with Gasteiger partial charge in [-0.1, -0.05) is 33.6 Å². The summed E-state index contributed by atoms with van der Waals surface area (Å²) in [5, 5.41) is 0. The molecule has 0 aliphatic heterocycles. The lowest BCUT2D eigenvalue weighted by atomic mass is 10.1. The predicted molar refractivity (Wildman–Crippen MR) is 85.4 cm³/mol. The van der Waals surface area contributed by atoms with Crippen LogP contribution in [0.5, 0.6) is 0 Å². The Kier molecular flexibility index (Phi) is 7.28. The highest BCUT2D eigenvalue weighted by Gasteiger charge is 2.08. The Bertz CT molecular complexity index is 408. The summed E-state index contributed by atoms with van der Waals surface area (Å²) in [5.41, 5.74) is 3.09. The van der Waals surface area contributed by atoms with E-state index < -0.39 is 0 Å². The molecule has 1 aromatic heterocycles. The van der Waals surface area contributed by atoms with Gasteiger partial charge in [0, 0.05) is 18.7 Å². The molecule has 0 bridgehead atoms. The van der Waals surface area contributed by atoms with Crippen LogP contribution < -0.4 is 0 Å². The molecule has 1 aromatic rings. The maximum Gasteiger partial charge on any atom is 0.0560 e. The highest BCUT2D eigenvalue weighted by atomic mass is 15.1. The molecule has 0 spiro atoms. The molecule has 0 N–H and O–H groups in total. The number of rotatable bonds is 8. The monoisotopic (exact) mass is 273 g/mol. The normalized spacial score (nSPS) is 11.1. The molecule has 0 saturated heterocycles. The van der Waals surface area contributed by atoms with E-state index in [1.54, 1.807) is 0 Å². The molecule has 3 heteroatoms. The molecule has 0 atom stereocenters. The van der Waals surface area contributed by atoms with Crippen LogP contribution in [0.3, 0.4) is 0 Å². The quantitative estimate of drug-likeness (QED) is 0.679. The lowest BCUT2D eigenvalue weighted by molar-refractivity contribution is 0.284. The number of hydrogen-bond acceptors (Lipinski definition) is 3. The van der Waals surface area contributed by atoms with Crippen molar-refractivity contribution in [1.82, 2.24) is 14.8 Å². The molecular formula is C17H27N3. The van der Waals surface area contributed by atoms with E-state index in [1.165, 1.54) is 0 Å².